The molecule has 0 radical (unpaired) electrons. The van der Waals surface area contributed by atoms with Crippen LogP contribution in [0.2, 0.25) is 0 Å². The van der Waals surface area contributed by atoms with E-state index in [0.29, 0.717) is 30.8 Å². The van der Waals surface area contributed by atoms with E-state index in [0.717, 1.165) is 30.3 Å². The van der Waals surface area contributed by atoms with Crippen molar-refractivity contribution in [2.45, 2.75) is 31.7 Å². The van der Waals surface area contributed by atoms with Gasteiger partial charge in [-0.2, -0.15) is 0 Å². The second kappa shape index (κ2) is 6.68. The Balaban J connectivity index is 1.73. The SMILES string of the molecule is CNc1nc(C)c(C(=O)N2CCC3(CC2)C(=O)NCCCN3C)s1. The number of hydrogen-bond acceptors (Lipinski definition) is 6. The molecule has 0 bridgehead atoms. The lowest BCUT2D eigenvalue weighted by Crippen LogP contribution is -2.61. The van der Waals surface area contributed by atoms with Gasteiger partial charge in [0.15, 0.2) is 5.13 Å². The molecule has 24 heavy (non-hydrogen) atoms. The van der Waals surface area contributed by atoms with Gasteiger partial charge in [0.1, 0.15) is 10.4 Å². The van der Waals surface area contributed by atoms with Gasteiger partial charge in [-0.05, 0) is 33.2 Å². The summed E-state index contributed by atoms with van der Waals surface area (Å²) in [6.07, 6.45) is 2.33. The lowest BCUT2D eigenvalue weighted by Gasteiger charge is -2.44. The Morgan fingerprint density at radius 2 is 2.04 bits per heavy atom. The van der Waals surface area contributed by atoms with Crippen molar-refractivity contribution >= 4 is 28.3 Å². The topological polar surface area (TPSA) is 77.6 Å². The summed E-state index contributed by atoms with van der Waals surface area (Å²) in [5, 5.41) is 6.78. The largest absolute Gasteiger partial charge is 0.365 e. The van der Waals surface area contributed by atoms with Gasteiger partial charge in [0.05, 0.1) is 5.69 Å². The minimum absolute atomic E-state index is 0.0260. The molecule has 2 aliphatic rings. The zero-order valence-corrected chi connectivity index (χ0v) is 15.3. The number of rotatable bonds is 2. The maximum atomic E-state index is 12.8. The van der Waals surface area contributed by atoms with E-state index in [1.165, 1.54) is 11.3 Å². The standard InChI is InChI=1S/C16H25N5O2S/c1-11-12(24-15(17-2)19-11)13(22)21-9-5-16(6-10-21)14(23)18-7-4-8-20(16)3/h4-10H2,1-3H3,(H,17,19)(H,18,23). The molecule has 2 saturated heterocycles. The monoisotopic (exact) mass is 351 g/mol. The number of thiazole rings is 1. The first-order chi connectivity index (χ1) is 11.5. The van der Waals surface area contributed by atoms with E-state index in [1.807, 2.05) is 18.9 Å². The molecule has 0 atom stereocenters. The number of hydrogen-bond donors (Lipinski definition) is 2. The van der Waals surface area contributed by atoms with E-state index in [9.17, 15) is 9.59 Å². The second-order valence-corrected chi connectivity index (χ2v) is 7.54. The minimum atomic E-state index is -0.466. The summed E-state index contributed by atoms with van der Waals surface area (Å²) < 4.78 is 0. The lowest BCUT2D eigenvalue weighted by atomic mass is 9.85. The molecule has 2 fully saturated rings. The second-order valence-electron chi connectivity index (χ2n) is 6.54. The number of aromatic nitrogens is 1. The average Bonchev–Trinajstić information content (AvgIpc) is 2.92. The Labute approximate surface area is 146 Å². The number of nitrogens with zero attached hydrogens (tertiary/aromatic N) is 3. The molecule has 0 saturated carbocycles. The van der Waals surface area contributed by atoms with E-state index in [4.69, 9.17) is 0 Å². The number of likely N-dealkylation sites (tertiary alicyclic amines) is 1. The van der Waals surface area contributed by atoms with Crippen molar-refractivity contribution < 1.29 is 9.59 Å². The molecule has 3 rings (SSSR count). The van der Waals surface area contributed by atoms with Gasteiger partial charge in [-0.1, -0.05) is 11.3 Å². The van der Waals surface area contributed by atoms with Gasteiger partial charge in [0, 0.05) is 33.2 Å². The van der Waals surface area contributed by atoms with Crippen LogP contribution in [0.25, 0.3) is 0 Å². The summed E-state index contributed by atoms with van der Waals surface area (Å²) >= 11 is 1.39. The van der Waals surface area contributed by atoms with Gasteiger partial charge in [-0.15, -0.1) is 0 Å². The summed E-state index contributed by atoms with van der Waals surface area (Å²) in [4.78, 5) is 34.5. The van der Waals surface area contributed by atoms with Crippen LogP contribution in [0.3, 0.4) is 0 Å². The maximum Gasteiger partial charge on any atom is 0.265 e. The van der Waals surface area contributed by atoms with E-state index < -0.39 is 5.54 Å². The highest BCUT2D eigenvalue weighted by atomic mass is 32.1. The summed E-state index contributed by atoms with van der Waals surface area (Å²) in [5.74, 6) is 0.138. The number of aryl methyl sites for hydroxylation is 1. The van der Waals surface area contributed by atoms with Crippen LogP contribution >= 0.6 is 11.3 Å². The van der Waals surface area contributed by atoms with Crippen molar-refractivity contribution in [1.82, 2.24) is 20.1 Å². The summed E-state index contributed by atoms with van der Waals surface area (Å²) in [5.41, 5.74) is 0.297. The van der Waals surface area contributed by atoms with Crippen LogP contribution < -0.4 is 10.6 Å². The molecule has 2 amide bonds. The van der Waals surface area contributed by atoms with Crippen LogP contribution in [0, 0.1) is 6.92 Å². The van der Waals surface area contributed by atoms with Crippen LogP contribution in [0.1, 0.15) is 34.6 Å². The van der Waals surface area contributed by atoms with Crippen LogP contribution in [0.15, 0.2) is 0 Å². The van der Waals surface area contributed by atoms with E-state index in [2.05, 4.69) is 20.5 Å². The fraction of sp³-hybridized carbons (Fsp3) is 0.688. The third-order valence-electron chi connectivity index (χ3n) is 5.19. The first kappa shape index (κ1) is 17.2. The van der Waals surface area contributed by atoms with Crippen LogP contribution in [-0.4, -0.2) is 72.4 Å². The van der Waals surface area contributed by atoms with Crippen molar-refractivity contribution in [3.05, 3.63) is 10.6 Å². The van der Waals surface area contributed by atoms with Crippen molar-refractivity contribution in [3.8, 4) is 0 Å². The van der Waals surface area contributed by atoms with E-state index >= 15 is 0 Å². The van der Waals surface area contributed by atoms with Gasteiger partial charge in [-0.3, -0.25) is 14.5 Å². The fourth-order valence-electron chi connectivity index (χ4n) is 3.60. The Kier molecular flexibility index (Phi) is 4.78. The maximum absolute atomic E-state index is 12.8. The predicted octanol–water partition coefficient (Wildman–Crippen LogP) is 0.920. The normalized spacial score (nSPS) is 21.5. The Hall–Kier alpha value is -1.67. The van der Waals surface area contributed by atoms with Gasteiger partial charge in [0.25, 0.3) is 5.91 Å². The van der Waals surface area contributed by atoms with Gasteiger partial charge < -0.3 is 15.5 Å². The molecule has 2 N–H and O–H groups in total. The highest BCUT2D eigenvalue weighted by molar-refractivity contribution is 7.17. The molecule has 0 aliphatic carbocycles. The molecule has 8 heteroatoms. The molecular formula is C16H25N5O2S. The minimum Gasteiger partial charge on any atom is -0.365 e. The molecule has 2 aliphatic heterocycles. The Morgan fingerprint density at radius 1 is 1.33 bits per heavy atom. The quantitative estimate of drug-likeness (QED) is 0.828. The van der Waals surface area contributed by atoms with Crippen molar-refractivity contribution in [2.24, 2.45) is 0 Å². The lowest BCUT2D eigenvalue weighted by molar-refractivity contribution is -0.134. The van der Waals surface area contributed by atoms with E-state index in [-0.39, 0.29) is 11.8 Å². The molecule has 1 aromatic heterocycles. The fourth-order valence-corrected chi connectivity index (χ4v) is 4.49. The third-order valence-corrected chi connectivity index (χ3v) is 6.35. The smallest absolute Gasteiger partial charge is 0.265 e. The van der Waals surface area contributed by atoms with Crippen LogP contribution in [0.4, 0.5) is 5.13 Å². The summed E-state index contributed by atoms with van der Waals surface area (Å²) in [6, 6.07) is 0. The molecule has 132 valence electrons. The Bertz CT molecular complexity index is 636. The number of likely N-dealkylation sites (N-methyl/N-ethyl adjacent to an activating group) is 1. The zero-order chi connectivity index (χ0) is 17.3. The van der Waals surface area contributed by atoms with Crippen molar-refractivity contribution in [2.75, 3.05) is 45.6 Å². The highest BCUT2D eigenvalue weighted by Crippen LogP contribution is 2.32. The van der Waals surface area contributed by atoms with Gasteiger partial charge in [-0.25, -0.2) is 4.98 Å². The van der Waals surface area contributed by atoms with Crippen LogP contribution in [0.5, 0.6) is 0 Å². The number of piperidine rings is 1. The molecule has 0 unspecified atom stereocenters. The number of anilines is 1. The molecule has 1 aromatic rings. The molecule has 0 aromatic carbocycles. The van der Waals surface area contributed by atoms with Gasteiger partial charge >= 0.3 is 0 Å². The highest BCUT2D eigenvalue weighted by Gasteiger charge is 2.46. The molecule has 3 heterocycles. The van der Waals surface area contributed by atoms with E-state index in [1.54, 1.807) is 7.05 Å². The van der Waals surface area contributed by atoms with Crippen molar-refractivity contribution in [1.29, 1.82) is 0 Å². The summed E-state index contributed by atoms with van der Waals surface area (Å²) in [6.45, 7) is 4.71. The summed E-state index contributed by atoms with van der Waals surface area (Å²) in [7, 11) is 3.83. The van der Waals surface area contributed by atoms with Gasteiger partial charge in [0.2, 0.25) is 5.91 Å². The number of carbonyl (C=O) groups excluding carboxylic acids is 2. The predicted molar refractivity (Wildman–Crippen MR) is 94.5 cm³/mol. The molecule has 7 nitrogen and oxygen atoms in total. The number of amides is 2. The number of nitrogens with one attached hydrogen (secondary N) is 2. The number of carbonyl (C=O) groups is 2. The Morgan fingerprint density at radius 3 is 2.67 bits per heavy atom. The van der Waals surface area contributed by atoms with Crippen molar-refractivity contribution in [3.63, 3.8) is 0 Å². The first-order valence-electron chi connectivity index (χ1n) is 8.42. The molecular weight excluding hydrogens is 326 g/mol. The average molecular weight is 351 g/mol. The third kappa shape index (κ3) is 2.88. The first-order valence-corrected chi connectivity index (χ1v) is 9.23. The van der Waals surface area contributed by atoms with Crippen LogP contribution in [-0.2, 0) is 4.79 Å². The zero-order valence-electron chi connectivity index (χ0n) is 14.5. The molecule has 1 spiro atoms.